The Bertz CT molecular complexity index is 995. The Hall–Kier alpha value is -2.35. The smallest absolute Gasteiger partial charge is 0.192 e. The van der Waals surface area contributed by atoms with Gasteiger partial charge in [-0.2, -0.15) is 0 Å². The molecule has 0 N–H and O–H groups in total. The number of aryl methyl sites for hydroxylation is 2. The molecule has 0 aliphatic carbocycles. The topological polar surface area (TPSA) is 21.5 Å². The summed E-state index contributed by atoms with van der Waals surface area (Å²) in [7, 11) is 0. The number of hydrogen-bond acceptors (Lipinski definition) is 1. The Labute approximate surface area is 110 Å². The molecule has 19 heavy (non-hydrogen) atoms. The van der Waals surface area contributed by atoms with E-state index in [0.717, 1.165) is 16.5 Å². The predicted octanol–water partition coefficient (Wildman–Crippen LogP) is 3.66. The molecule has 0 spiro atoms. The first-order valence-electron chi connectivity index (χ1n) is 6.44. The molecule has 0 atom stereocenters. The number of rotatable bonds is 0. The fourth-order valence-corrected chi connectivity index (χ4v) is 3.11. The van der Waals surface area contributed by atoms with Crippen molar-refractivity contribution >= 4 is 27.2 Å². The molecule has 0 aliphatic rings. The quantitative estimate of drug-likeness (QED) is 0.464. The normalized spacial score (nSPS) is 11.9. The van der Waals surface area contributed by atoms with E-state index >= 15 is 0 Å². The van der Waals surface area contributed by atoms with Crippen LogP contribution in [0.5, 0.6) is 0 Å². The second-order valence-electron chi connectivity index (χ2n) is 5.18. The summed E-state index contributed by atoms with van der Waals surface area (Å²) in [5.74, 6) is 0. The standard InChI is InChI=1S/C17H13NO/c1-10-5-3-8-14-15(10)12-6-4-7-13-16(12)18(14)9-11(2)17(13)19/h3-9H,1-2H3. The zero-order valence-electron chi connectivity index (χ0n) is 10.9. The molecule has 92 valence electrons. The number of nitrogens with zero attached hydrogens (tertiary/aromatic N) is 1. The van der Waals surface area contributed by atoms with E-state index < -0.39 is 0 Å². The number of fused-ring (bicyclic) bond motifs is 3. The molecule has 0 unspecified atom stereocenters. The minimum Gasteiger partial charge on any atom is -0.315 e. The van der Waals surface area contributed by atoms with Gasteiger partial charge >= 0.3 is 0 Å². The van der Waals surface area contributed by atoms with Gasteiger partial charge in [0.2, 0.25) is 0 Å². The second-order valence-corrected chi connectivity index (χ2v) is 5.18. The van der Waals surface area contributed by atoms with Crippen LogP contribution in [0.4, 0.5) is 0 Å². The van der Waals surface area contributed by atoms with Gasteiger partial charge in [-0.15, -0.1) is 0 Å². The predicted molar refractivity (Wildman–Crippen MR) is 79.3 cm³/mol. The van der Waals surface area contributed by atoms with Crippen LogP contribution < -0.4 is 5.43 Å². The molecule has 0 saturated heterocycles. The highest BCUT2D eigenvalue weighted by atomic mass is 16.1. The van der Waals surface area contributed by atoms with Crippen molar-refractivity contribution in [3.63, 3.8) is 0 Å². The maximum Gasteiger partial charge on any atom is 0.192 e. The maximum absolute atomic E-state index is 12.3. The molecule has 0 aliphatic heterocycles. The average molecular weight is 247 g/mol. The number of para-hydroxylation sites is 1. The first-order chi connectivity index (χ1) is 9.18. The van der Waals surface area contributed by atoms with Crippen LogP contribution in [0.25, 0.3) is 27.2 Å². The summed E-state index contributed by atoms with van der Waals surface area (Å²) in [5, 5.41) is 3.23. The van der Waals surface area contributed by atoms with Gasteiger partial charge in [0.1, 0.15) is 0 Å². The van der Waals surface area contributed by atoms with E-state index in [2.05, 4.69) is 35.6 Å². The lowest BCUT2D eigenvalue weighted by atomic mass is 10.1. The van der Waals surface area contributed by atoms with Crippen LogP contribution in [0.1, 0.15) is 11.1 Å². The molecular weight excluding hydrogens is 234 g/mol. The van der Waals surface area contributed by atoms with Crippen LogP contribution in [0.3, 0.4) is 0 Å². The van der Waals surface area contributed by atoms with Gasteiger partial charge in [0.05, 0.1) is 11.0 Å². The van der Waals surface area contributed by atoms with E-state index in [0.29, 0.717) is 0 Å². The summed E-state index contributed by atoms with van der Waals surface area (Å²) in [5.41, 5.74) is 4.40. The van der Waals surface area contributed by atoms with Gasteiger partial charge in [-0.25, -0.2) is 0 Å². The van der Waals surface area contributed by atoms with Crippen molar-refractivity contribution in [1.82, 2.24) is 4.40 Å². The summed E-state index contributed by atoms with van der Waals surface area (Å²) in [6.07, 6.45) is 1.96. The lowest BCUT2D eigenvalue weighted by Gasteiger charge is -2.02. The largest absolute Gasteiger partial charge is 0.315 e. The van der Waals surface area contributed by atoms with Crippen molar-refractivity contribution < 1.29 is 0 Å². The number of pyridine rings is 1. The molecule has 4 aromatic rings. The zero-order valence-corrected chi connectivity index (χ0v) is 10.9. The first kappa shape index (κ1) is 10.6. The Morgan fingerprint density at radius 3 is 2.47 bits per heavy atom. The third-order valence-electron chi connectivity index (χ3n) is 3.98. The van der Waals surface area contributed by atoms with E-state index in [-0.39, 0.29) is 5.43 Å². The number of aromatic nitrogens is 1. The van der Waals surface area contributed by atoms with E-state index in [9.17, 15) is 4.79 Å². The second kappa shape index (κ2) is 3.35. The SMILES string of the molecule is Cc1cn2c3cccc(C)c3c3cccc(c1=O)c32. The van der Waals surface area contributed by atoms with Gasteiger partial charge in [-0.3, -0.25) is 4.79 Å². The molecule has 2 aromatic heterocycles. The summed E-state index contributed by atoms with van der Waals surface area (Å²) in [6, 6.07) is 12.3. The van der Waals surface area contributed by atoms with Crippen LogP contribution >= 0.6 is 0 Å². The van der Waals surface area contributed by atoms with Crippen molar-refractivity contribution in [2.75, 3.05) is 0 Å². The van der Waals surface area contributed by atoms with Crippen molar-refractivity contribution in [2.24, 2.45) is 0 Å². The molecule has 0 amide bonds. The van der Waals surface area contributed by atoms with Gasteiger partial charge in [-0.05, 0) is 31.5 Å². The summed E-state index contributed by atoms with van der Waals surface area (Å²) >= 11 is 0. The van der Waals surface area contributed by atoms with Gasteiger partial charge in [0, 0.05) is 27.9 Å². The fourth-order valence-electron chi connectivity index (χ4n) is 3.11. The molecule has 0 saturated carbocycles. The average Bonchev–Trinajstić information content (AvgIpc) is 2.73. The first-order valence-corrected chi connectivity index (χ1v) is 6.44. The molecule has 4 rings (SSSR count). The Balaban J connectivity index is 2.52. The summed E-state index contributed by atoms with van der Waals surface area (Å²) < 4.78 is 2.16. The fraction of sp³-hybridized carbons (Fsp3) is 0.118. The molecule has 2 heteroatoms. The van der Waals surface area contributed by atoms with Crippen LogP contribution in [0.2, 0.25) is 0 Å². The molecule has 2 aromatic carbocycles. The molecule has 2 nitrogen and oxygen atoms in total. The van der Waals surface area contributed by atoms with Crippen LogP contribution in [-0.2, 0) is 0 Å². The zero-order chi connectivity index (χ0) is 13.1. The molecular formula is C17H13NO. The van der Waals surface area contributed by atoms with E-state index in [1.54, 1.807) is 0 Å². The lowest BCUT2D eigenvalue weighted by molar-refractivity contribution is 1.21. The molecule has 0 fully saturated rings. The van der Waals surface area contributed by atoms with Crippen molar-refractivity contribution in [3.05, 3.63) is 63.9 Å². The van der Waals surface area contributed by atoms with Crippen LogP contribution in [0.15, 0.2) is 47.4 Å². The van der Waals surface area contributed by atoms with Crippen molar-refractivity contribution in [3.8, 4) is 0 Å². The molecule has 2 heterocycles. The molecule has 0 radical (unpaired) electrons. The van der Waals surface area contributed by atoms with E-state index in [1.807, 2.05) is 25.3 Å². The summed E-state index contributed by atoms with van der Waals surface area (Å²) in [6.45, 7) is 4.00. The van der Waals surface area contributed by atoms with Crippen molar-refractivity contribution in [1.29, 1.82) is 0 Å². The Morgan fingerprint density at radius 1 is 0.895 bits per heavy atom. The highest BCUT2D eigenvalue weighted by molar-refractivity contribution is 6.14. The number of benzene rings is 2. The highest BCUT2D eigenvalue weighted by Crippen LogP contribution is 2.32. The van der Waals surface area contributed by atoms with E-state index in [1.165, 1.54) is 21.9 Å². The summed E-state index contributed by atoms with van der Waals surface area (Å²) in [4.78, 5) is 12.3. The van der Waals surface area contributed by atoms with Gasteiger partial charge in [0.15, 0.2) is 5.43 Å². The minimum atomic E-state index is 0.138. The van der Waals surface area contributed by atoms with E-state index in [4.69, 9.17) is 0 Å². The third kappa shape index (κ3) is 1.18. The van der Waals surface area contributed by atoms with Gasteiger partial charge in [-0.1, -0.05) is 24.3 Å². The Morgan fingerprint density at radius 2 is 1.63 bits per heavy atom. The van der Waals surface area contributed by atoms with Gasteiger partial charge < -0.3 is 4.40 Å². The van der Waals surface area contributed by atoms with Crippen molar-refractivity contribution in [2.45, 2.75) is 13.8 Å². The highest BCUT2D eigenvalue weighted by Gasteiger charge is 2.14. The Kier molecular flexibility index (Phi) is 1.86. The van der Waals surface area contributed by atoms with Gasteiger partial charge in [0.25, 0.3) is 0 Å². The molecule has 0 bridgehead atoms. The monoisotopic (exact) mass is 247 g/mol. The van der Waals surface area contributed by atoms with Crippen LogP contribution in [0, 0.1) is 13.8 Å². The lowest BCUT2D eigenvalue weighted by Crippen LogP contribution is -2.07. The minimum absolute atomic E-state index is 0.138. The third-order valence-corrected chi connectivity index (χ3v) is 3.98. The number of hydrogen-bond donors (Lipinski definition) is 0. The maximum atomic E-state index is 12.3. The van der Waals surface area contributed by atoms with Crippen LogP contribution in [-0.4, -0.2) is 4.40 Å².